The first kappa shape index (κ1) is 28.4. The van der Waals surface area contributed by atoms with Crippen LogP contribution in [-0.4, -0.2) is 76.4 Å². The number of ether oxygens (including phenoxy) is 1. The predicted molar refractivity (Wildman–Crippen MR) is 143 cm³/mol. The number of thioether (sulfide) groups is 1. The molecule has 0 spiro atoms. The Bertz CT molecular complexity index is 1090. The maximum Gasteiger partial charge on any atom is 0.328 e. The lowest BCUT2D eigenvalue weighted by atomic mass is 10.0. The summed E-state index contributed by atoms with van der Waals surface area (Å²) in [5, 5.41) is 16.8. The summed E-state index contributed by atoms with van der Waals surface area (Å²) in [6, 6.07) is 15.5. The monoisotopic (exact) mass is 529 g/mol. The van der Waals surface area contributed by atoms with Gasteiger partial charge in [0.2, 0.25) is 0 Å². The molecule has 0 amide bonds. The second-order valence-electron chi connectivity index (χ2n) is 8.68. The topological polar surface area (TPSA) is 103 Å². The van der Waals surface area contributed by atoms with Gasteiger partial charge in [0.25, 0.3) is 0 Å². The quantitative estimate of drug-likeness (QED) is 0.384. The van der Waals surface area contributed by atoms with Gasteiger partial charge < -0.3 is 24.7 Å². The SMILES string of the molecule is CN(C1=Nc2ccccc2CS1)C1CCN(CCOCc2ccc(F)cc2)CC1.O=C(O)C=CC(=O)O. The molecule has 2 aliphatic heterocycles. The summed E-state index contributed by atoms with van der Waals surface area (Å²) in [6.45, 7) is 4.36. The van der Waals surface area contributed by atoms with Crippen molar-refractivity contribution in [3.63, 3.8) is 0 Å². The van der Waals surface area contributed by atoms with E-state index in [2.05, 4.69) is 41.1 Å². The van der Waals surface area contributed by atoms with Crippen LogP contribution in [0.5, 0.6) is 0 Å². The zero-order valence-electron chi connectivity index (χ0n) is 20.8. The fourth-order valence-corrected chi connectivity index (χ4v) is 5.04. The number of hydrogen-bond acceptors (Lipinski definition) is 7. The molecule has 2 aromatic carbocycles. The second kappa shape index (κ2) is 14.5. The summed E-state index contributed by atoms with van der Waals surface area (Å²) >= 11 is 1.84. The number of aliphatic carboxylic acids is 2. The molecule has 1 saturated heterocycles. The van der Waals surface area contributed by atoms with Crippen molar-refractivity contribution >= 4 is 34.6 Å². The van der Waals surface area contributed by atoms with Gasteiger partial charge >= 0.3 is 11.9 Å². The molecule has 0 aromatic heterocycles. The first-order valence-corrected chi connectivity index (χ1v) is 13.0. The average molecular weight is 530 g/mol. The molecule has 0 saturated carbocycles. The predicted octanol–water partition coefficient (Wildman–Crippen LogP) is 4.38. The molecule has 2 N–H and O–H groups in total. The van der Waals surface area contributed by atoms with Gasteiger partial charge in [-0.3, -0.25) is 0 Å². The lowest BCUT2D eigenvalue weighted by Gasteiger charge is -2.38. The molecule has 4 rings (SSSR count). The Balaban J connectivity index is 0.000000414. The fourth-order valence-electron chi connectivity index (χ4n) is 3.99. The van der Waals surface area contributed by atoms with Crippen molar-refractivity contribution < 1.29 is 28.9 Å². The van der Waals surface area contributed by atoms with Gasteiger partial charge in [-0.25, -0.2) is 19.0 Å². The Morgan fingerprint density at radius 1 is 1.11 bits per heavy atom. The Hall–Kier alpha value is -3.21. The average Bonchev–Trinajstić information content (AvgIpc) is 2.91. The molecule has 1 fully saturated rings. The third kappa shape index (κ3) is 9.64. The summed E-state index contributed by atoms with van der Waals surface area (Å²) in [5.74, 6) is -1.72. The lowest BCUT2D eigenvalue weighted by Crippen LogP contribution is -2.45. The molecule has 0 radical (unpaired) electrons. The summed E-state index contributed by atoms with van der Waals surface area (Å²) in [7, 11) is 2.19. The zero-order valence-corrected chi connectivity index (χ0v) is 21.6. The smallest absolute Gasteiger partial charge is 0.328 e. The Morgan fingerprint density at radius 3 is 2.41 bits per heavy atom. The van der Waals surface area contributed by atoms with E-state index in [9.17, 15) is 14.0 Å². The number of fused-ring (bicyclic) bond motifs is 1. The van der Waals surface area contributed by atoms with Gasteiger partial charge in [-0.1, -0.05) is 42.1 Å². The maximum absolute atomic E-state index is 12.9. The number of carboxylic acids is 2. The number of piperidine rings is 1. The summed E-state index contributed by atoms with van der Waals surface area (Å²) in [6.07, 6.45) is 3.41. The van der Waals surface area contributed by atoms with E-state index in [0.29, 0.717) is 31.4 Å². The van der Waals surface area contributed by atoms with Crippen LogP contribution in [0.15, 0.2) is 65.7 Å². The highest BCUT2D eigenvalue weighted by Crippen LogP contribution is 2.32. The molecule has 2 aliphatic rings. The van der Waals surface area contributed by atoms with E-state index in [4.69, 9.17) is 19.9 Å². The van der Waals surface area contributed by atoms with Crippen molar-refractivity contribution in [2.75, 3.05) is 33.3 Å². The van der Waals surface area contributed by atoms with Gasteiger partial charge in [0, 0.05) is 50.6 Å². The molecule has 198 valence electrons. The van der Waals surface area contributed by atoms with Gasteiger partial charge in [0.1, 0.15) is 5.82 Å². The molecular weight excluding hydrogens is 497 g/mol. The molecule has 2 aromatic rings. The van der Waals surface area contributed by atoms with Crippen LogP contribution >= 0.6 is 11.8 Å². The van der Waals surface area contributed by atoms with Crippen LogP contribution < -0.4 is 0 Å². The molecule has 37 heavy (non-hydrogen) atoms. The first-order valence-electron chi connectivity index (χ1n) is 12.0. The zero-order chi connectivity index (χ0) is 26.6. The molecule has 10 heteroatoms. The van der Waals surface area contributed by atoms with Crippen LogP contribution in [0.1, 0.15) is 24.0 Å². The summed E-state index contributed by atoms with van der Waals surface area (Å²) < 4.78 is 18.7. The van der Waals surface area contributed by atoms with Gasteiger partial charge in [-0.05, 0) is 42.2 Å². The molecule has 0 atom stereocenters. The number of likely N-dealkylation sites (tertiary alicyclic amines) is 1. The highest BCUT2D eigenvalue weighted by Gasteiger charge is 2.26. The van der Waals surface area contributed by atoms with Crippen molar-refractivity contribution in [1.29, 1.82) is 0 Å². The highest BCUT2D eigenvalue weighted by molar-refractivity contribution is 8.13. The molecule has 0 bridgehead atoms. The Kier molecular flexibility index (Phi) is 11.1. The molecule has 0 unspecified atom stereocenters. The third-order valence-electron chi connectivity index (χ3n) is 6.07. The van der Waals surface area contributed by atoms with Crippen LogP contribution in [-0.2, 0) is 26.7 Å². The van der Waals surface area contributed by atoms with E-state index in [-0.39, 0.29) is 5.82 Å². The maximum atomic E-state index is 12.9. The first-order chi connectivity index (χ1) is 17.8. The number of amidine groups is 1. The number of hydrogen-bond donors (Lipinski definition) is 2. The number of nitrogens with zero attached hydrogens (tertiary/aromatic N) is 3. The van der Waals surface area contributed by atoms with Gasteiger partial charge in [-0.2, -0.15) is 0 Å². The Labute approximate surface area is 220 Å². The Morgan fingerprint density at radius 2 is 1.76 bits per heavy atom. The lowest BCUT2D eigenvalue weighted by molar-refractivity contribution is -0.134. The number of para-hydroxylation sites is 1. The fraction of sp³-hybridized carbons (Fsp3) is 0.370. The number of benzene rings is 2. The van der Waals surface area contributed by atoms with Gasteiger partial charge in [-0.15, -0.1) is 0 Å². The van der Waals surface area contributed by atoms with Gasteiger partial charge in [0.05, 0.1) is 18.9 Å². The summed E-state index contributed by atoms with van der Waals surface area (Å²) in [4.78, 5) is 28.8. The van der Waals surface area contributed by atoms with Crippen LogP contribution in [0.25, 0.3) is 0 Å². The van der Waals surface area contributed by atoms with E-state index < -0.39 is 11.9 Å². The molecule has 8 nitrogen and oxygen atoms in total. The van der Waals surface area contributed by atoms with E-state index in [1.165, 1.54) is 17.7 Å². The van der Waals surface area contributed by atoms with E-state index in [1.807, 2.05) is 11.8 Å². The molecule has 0 aliphatic carbocycles. The number of carbonyl (C=O) groups is 2. The van der Waals surface area contributed by atoms with E-state index >= 15 is 0 Å². The van der Waals surface area contributed by atoms with Crippen molar-refractivity contribution in [3.8, 4) is 0 Å². The summed E-state index contributed by atoms with van der Waals surface area (Å²) in [5.41, 5.74) is 3.45. The van der Waals surface area contributed by atoms with Crippen molar-refractivity contribution in [1.82, 2.24) is 9.80 Å². The minimum atomic E-state index is -1.26. The minimum Gasteiger partial charge on any atom is -0.478 e. The number of rotatable bonds is 8. The van der Waals surface area contributed by atoms with Crippen LogP contribution in [0.2, 0.25) is 0 Å². The van der Waals surface area contributed by atoms with E-state index in [1.54, 1.807) is 12.1 Å². The minimum absolute atomic E-state index is 0.205. The van der Waals surface area contributed by atoms with Crippen molar-refractivity contribution in [2.45, 2.75) is 31.2 Å². The van der Waals surface area contributed by atoms with Crippen molar-refractivity contribution in [3.05, 3.63) is 77.6 Å². The third-order valence-corrected chi connectivity index (χ3v) is 7.17. The highest BCUT2D eigenvalue weighted by atomic mass is 32.2. The van der Waals surface area contributed by atoms with Crippen LogP contribution in [0, 0.1) is 5.82 Å². The number of halogens is 1. The molecular formula is C27H32FN3O5S. The standard InChI is InChI=1S/C23H28FN3OS.C4H4O4/c1-26(23-25-22-5-3-2-4-19(22)17-29-23)21-10-12-27(13-11-21)14-15-28-16-18-6-8-20(24)9-7-18;5-3(6)1-2-4(7)8/h2-9,21H,10-17H2,1H3;1-2H,(H,5,6)(H,7,8). The van der Waals surface area contributed by atoms with Crippen LogP contribution in [0.4, 0.5) is 10.1 Å². The largest absolute Gasteiger partial charge is 0.478 e. The van der Waals surface area contributed by atoms with Gasteiger partial charge in [0.15, 0.2) is 5.17 Å². The van der Waals surface area contributed by atoms with E-state index in [0.717, 1.165) is 54.6 Å². The number of carboxylic acid groups (broad SMARTS) is 2. The second-order valence-corrected chi connectivity index (χ2v) is 9.63. The van der Waals surface area contributed by atoms with Crippen molar-refractivity contribution in [2.24, 2.45) is 4.99 Å². The normalized spacial score (nSPS) is 15.9. The number of aliphatic imine (C=N–C) groups is 1. The van der Waals surface area contributed by atoms with Crippen LogP contribution in [0.3, 0.4) is 0 Å². The molecule has 2 heterocycles.